The van der Waals surface area contributed by atoms with Crippen molar-refractivity contribution in [3.63, 3.8) is 0 Å². The summed E-state index contributed by atoms with van der Waals surface area (Å²) in [4.78, 5) is 15.6. The van der Waals surface area contributed by atoms with Gasteiger partial charge in [-0.05, 0) is 39.7 Å². The number of nitrogens with zero attached hydrogens (tertiary/aromatic N) is 3. The molecule has 1 fully saturated rings. The zero-order valence-electron chi connectivity index (χ0n) is 15.2. The largest absolute Gasteiger partial charge is 0.360 e. The third-order valence-electron chi connectivity index (χ3n) is 4.49. The molecule has 0 radical (unpaired) electrons. The van der Waals surface area contributed by atoms with Crippen LogP contribution in [-0.2, 0) is 4.79 Å². The van der Waals surface area contributed by atoms with E-state index in [2.05, 4.69) is 37.2 Å². The van der Waals surface area contributed by atoms with E-state index in [1.54, 1.807) is 0 Å². The van der Waals surface area contributed by atoms with Crippen molar-refractivity contribution < 1.29 is 4.79 Å². The molecule has 26 heavy (non-hydrogen) atoms. The molecule has 1 saturated carbocycles. The molecule has 1 aromatic carbocycles. The monoisotopic (exact) mass is 369 g/mol. The number of fused-ring (bicyclic) bond motifs is 1. The van der Waals surface area contributed by atoms with Crippen LogP contribution in [0.15, 0.2) is 35.6 Å². The zero-order valence-corrected chi connectivity index (χ0v) is 16.0. The van der Waals surface area contributed by atoms with Crippen LogP contribution in [0.25, 0.3) is 22.3 Å². The van der Waals surface area contributed by atoms with Crippen LogP contribution in [0, 0.1) is 0 Å². The van der Waals surface area contributed by atoms with E-state index in [1.165, 1.54) is 11.8 Å². The Hall–Kier alpha value is -2.28. The summed E-state index contributed by atoms with van der Waals surface area (Å²) in [6.45, 7) is 5.86. The minimum absolute atomic E-state index is 0.0315. The second-order valence-electron chi connectivity index (χ2n) is 7.08. The van der Waals surface area contributed by atoms with Crippen molar-refractivity contribution in [2.45, 2.75) is 56.1 Å². The van der Waals surface area contributed by atoms with Gasteiger partial charge in [0.1, 0.15) is 0 Å². The normalized spacial score (nSPS) is 15.5. The van der Waals surface area contributed by atoms with Crippen molar-refractivity contribution in [1.29, 1.82) is 0 Å². The van der Waals surface area contributed by atoms with Crippen LogP contribution < -0.4 is 5.32 Å². The first kappa shape index (κ1) is 17.1. The minimum atomic E-state index is -0.213. The summed E-state index contributed by atoms with van der Waals surface area (Å²) in [6, 6.07) is 8.77. The molecule has 2 heterocycles. The first-order valence-electron chi connectivity index (χ1n) is 9.03. The Kier molecular flexibility index (Phi) is 4.48. The average Bonchev–Trinajstić information content (AvgIpc) is 3.22. The number of carbonyl (C=O) groups is 1. The van der Waals surface area contributed by atoms with Crippen LogP contribution in [0.5, 0.6) is 0 Å². The zero-order chi connectivity index (χ0) is 18.3. The minimum Gasteiger partial charge on any atom is -0.360 e. The number of H-pyrrole nitrogens is 1. The molecule has 1 aliphatic rings. The van der Waals surface area contributed by atoms with Gasteiger partial charge in [0.05, 0.1) is 5.25 Å². The third kappa shape index (κ3) is 3.23. The fourth-order valence-corrected chi connectivity index (χ4v) is 4.00. The van der Waals surface area contributed by atoms with Crippen molar-refractivity contribution in [3.8, 4) is 11.4 Å². The molecule has 0 saturated heterocycles. The summed E-state index contributed by atoms with van der Waals surface area (Å²) < 4.78 is 2.21. The summed E-state index contributed by atoms with van der Waals surface area (Å²) in [6.07, 6.45) is 4.26. The number of hydrogen-bond acceptors (Lipinski definition) is 4. The van der Waals surface area contributed by atoms with E-state index in [1.807, 2.05) is 39.1 Å². The lowest BCUT2D eigenvalue weighted by molar-refractivity contribution is -0.120. The molecule has 1 amide bonds. The lowest BCUT2D eigenvalue weighted by atomic mass is 10.1. The number of benzene rings is 1. The van der Waals surface area contributed by atoms with Gasteiger partial charge in [0.2, 0.25) is 5.91 Å². The molecule has 6 nitrogen and oxygen atoms in total. The van der Waals surface area contributed by atoms with E-state index >= 15 is 0 Å². The van der Waals surface area contributed by atoms with Gasteiger partial charge in [-0.3, -0.25) is 9.36 Å². The summed E-state index contributed by atoms with van der Waals surface area (Å²) in [5, 5.41) is 13.6. The van der Waals surface area contributed by atoms with Crippen LogP contribution >= 0.6 is 11.8 Å². The number of para-hydroxylation sites is 1. The van der Waals surface area contributed by atoms with Crippen LogP contribution in [0.3, 0.4) is 0 Å². The van der Waals surface area contributed by atoms with Crippen molar-refractivity contribution >= 4 is 28.6 Å². The smallest absolute Gasteiger partial charge is 0.233 e. The summed E-state index contributed by atoms with van der Waals surface area (Å²) in [5.74, 6) is 0.910. The molecular weight excluding hydrogens is 346 g/mol. The van der Waals surface area contributed by atoms with E-state index in [4.69, 9.17) is 0 Å². The molecule has 1 aliphatic carbocycles. The van der Waals surface area contributed by atoms with Crippen LogP contribution in [0.1, 0.15) is 39.7 Å². The number of rotatable bonds is 6. The molecule has 0 aliphatic heterocycles. The van der Waals surface area contributed by atoms with E-state index < -0.39 is 0 Å². The Labute approximate surface area is 156 Å². The van der Waals surface area contributed by atoms with Crippen LogP contribution in [-0.4, -0.2) is 36.9 Å². The fraction of sp³-hybridized carbons (Fsp3) is 0.421. The highest BCUT2D eigenvalue weighted by molar-refractivity contribution is 8.00. The molecule has 1 atom stereocenters. The number of carbonyl (C=O) groups excluding carboxylic acids is 1. The maximum absolute atomic E-state index is 12.3. The summed E-state index contributed by atoms with van der Waals surface area (Å²) in [7, 11) is 0. The second kappa shape index (κ2) is 6.79. The predicted molar refractivity (Wildman–Crippen MR) is 104 cm³/mol. The lowest BCUT2D eigenvalue weighted by Crippen LogP contribution is -2.36. The van der Waals surface area contributed by atoms with Gasteiger partial charge in [0.15, 0.2) is 11.0 Å². The van der Waals surface area contributed by atoms with Gasteiger partial charge in [-0.1, -0.05) is 30.0 Å². The highest BCUT2D eigenvalue weighted by Crippen LogP contribution is 2.42. The molecule has 1 unspecified atom stereocenters. The Morgan fingerprint density at radius 1 is 1.27 bits per heavy atom. The number of nitrogens with one attached hydrogen (secondary N) is 2. The maximum atomic E-state index is 12.3. The Bertz CT molecular complexity index is 940. The summed E-state index contributed by atoms with van der Waals surface area (Å²) in [5.41, 5.74) is 2.15. The molecule has 2 aromatic heterocycles. The molecule has 4 rings (SSSR count). The number of thioether (sulfide) groups is 1. The Balaban J connectivity index is 1.67. The van der Waals surface area contributed by atoms with Gasteiger partial charge in [0, 0.05) is 34.7 Å². The Morgan fingerprint density at radius 2 is 2.04 bits per heavy atom. The number of amides is 1. The molecule has 0 bridgehead atoms. The first-order chi connectivity index (χ1) is 12.5. The van der Waals surface area contributed by atoms with Gasteiger partial charge >= 0.3 is 0 Å². The van der Waals surface area contributed by atoms with Gasteiger partial charge < -0.3 is 10.3 Å². The standard InChI is InChI=1S/C19H23N5OS/c1-11(2)21-18(25)12(3)26-19-23-22-17(24(19)13-8-9-13)15-10-20-16-7-5-4-6-14(15)16/h4-7,10-13,20H,8-9H2,1-3H3,(H,21,25). The van der Waals surface area contributed by atoms with Gasteiger partial charge in [-0.25, -0.2) is 0 Å². The van der Waals surface area contributed by atoms with E-state index in [0.29, 0.717) is 6.04 Å². The van der Waals surface area contributed by atoms with Gasteiger partial charge in [-0.15, -0.1) is 10.2 Å². The maximum Gasteiger partial charge on any atom is 0.233 e. The van der Waals surface area contributed by atoms with Crippen molar-refractivity contribution in [1.82, 2.24) is 25.1 Å². The van der Waals surface area contributed by atoms with Crippen molar-refractivity contribution in [2.75, 3.05) is 0 Å². The SMILES string of the molecule is CC(C)NC(=O)C(C)Sc1nnc(-c2c[nH]c3ccccc23)n1C1CC1. The van der Waals surface area contributed by atoms with E-state index in [9.17, 15) is 4.79 Å². The molecule has 136 valence electrons. The number of hydrogen-bond donors (Lipinski definition) is 2. The summed E-state index contributed by atoms with van der Waals surface area (Å²) >= 11 is 1.48. The third-order valence-corrected chi connectivity index (χ3v) is 5.55. The van der Waals surface area contributed by atoms with Crippen LogP contribution in [0.4, 0.5) is 0 Å². The van der Waals surface area contributed by atoms with Crippen molar-refractivity contribution in [3.05, 3.63) is 30.5 Å². The molecule has 0 spiro atoms. The van der Waals surface area contributed by atoms with Gasteiger partial charge in [0.25, 0.3) is 0 Å². The van der Waals surface area contributed by atoms with Crippen molar-refractivity contribution in [2.24, 2.45) is 0 Å². The second-order valence-corrected chi connectivity index (χ2v) is 8.39. The molecule has 3 aromatic rings. The van der Waals surface area contributed by atoms with E-state index in [-0.39, 0.29) is 17.2 Å². The quantitative estimate of drug-likeness (QED) is 0.649. The van der Waals surface area contributed by atoms with Gasteiger partial charge in [-0.2, -0.15) is 0 Å². The lowest BCUT2D eigenvalue weighted by Gasteiger charge is -2.14. The van der Waals surface area contributed by atoms with Crippen LogP contribution in [0.2, 0.25) is 0 Å². The number of aromatic amines is 1. The number of aromatic nitrogens is 4. The molecule has 7 heteroatoms. The Morgan fingerprint density at radius 3 is 2.77 bits per heavy atom. The fourth-order valence-electron chi connectivity index (χ4n) is 3.07. The first-order valence-corrected chi connectivity index (χ1v) is 9.91. The average molecular weight is 369 g/mol. The highest BCUT2D eigenvalue weighted by Gasteiger charge is 2.32. The molecular formula is C19H23N5OS. The highest BCUT2D eigenvalue weighted by atomic mass is 32.2. The molecule has 2 N–H and O–H groups in total. The predicted octanol–water partition coefficient (Wildman–Crippen LogP) is 3.77. The topological polar surface area (TPSA) is 75.6 Å². The van der Waals surface area contributed by atoms with E-state index in [0.717, 1.165) is 40.3 Å².